The number of aryl methyl sites for hydroxylation is 1. The molecule has 118 valence electrons. The second-order valence-corrected chi connectivity index (χ2v) is 6.52. The number of benzene rings is 1. The summed E-state index contributed by atoms with van der Waals surface area (Å²) in [7, 11) is 0. The minimum absolute atomic E-state index is 0.263. The standard InChI is InChI=1S/C17H22N2O2S/c1-14-18-16(13-22-14)17-12-21-10-8-19(17)7-9-20-11-15-5-3-2-4-6-15/h2-6,13,17H,7-12H2,1H3. The summed E-state index contributed by atoms with van der Waals surface area (Å²) >= 11 is 1.70. The van der Waals surface area contributed by atoms with E-state index in [2.05, 4.69) is 27.4 Å². The molecule has 1 atom stereocenters. The van der Waals surface area contributed by atoms with Crippen LogP contribution < -0.4 is 0 Å². The molecular weight excluding hydrogens is 296 g/mol. The molecule has 2 heterocycles. The molecule has 0 aliphatic carbocycles. The number of morpholine rings is 1. The van der Waals surface area contributed by atoms with Crippen LogP contribution in [0.4, 0.5) is 0 Å². The third kappa shape index (κ3) is 4.14. The van der Waals surface area contributed by atoms with E-state index < -0.39 is 0 Å². The first kappa shape index (κ1) is 15.6. The molecule has 1 saturated heterocycles. The molecule has 22 heavy (non-hydrogen) atoms. The van der Waals surface area contributed by atoms with Gasteiger partial charge in [0.15, 0.2) is 0 Å². The van der Waals surface area contributed by atoms with Crippen molar-refractivity contribution in [2.75, 3.05) is 32.9 Å². The van der Waals surface area contributed by atoms with E-state index in [1.54, 1.807) is 11.3 Å². The molecule has 0 N–H and O–H groups in total. The molecule has 0 spiro atoms. The van der Waals surface area contributed by atoms with Gasteiger partial charge in [-0.25, -0.2) is 4.98 Å². The van der Waals surface area contributed by atoms with Crippen molar-refractivity contribution in [3.8, 4) is 0 Å². The summed E-state index contributed by atoms with van der Waals surface area (Å²) < 4.78 is 11.4. The number of ether oxygens (including phenoxy) is 2. The topological polar surface area (TPSA) is 34.6 Å². The highest BCUT2D eigenvalue weighted by molar-refractivity contribution is 7.09. The van der Waals surface area contributed by atoms with E-state index in [0.29, 0.717) is 6.61 Å². The molecule has 1 aromatic carbocycles. The maximum Gasteiger partial charge on any atom is 0.0898 e. The van der Waals surface area contributed by atoms with Crippen LogP contribution in [0.25, 0.3) is 0 Å². The highest BCUT2D eigenvalue weighted by atomic mass is 32.1. The van der Waals surface area contributed by atoms with Crippen LogP contribution in [0.5, 0.6) is 0 Å². The van der Waals surface area contributed by atoms with Crippen molar-refractivity contribution < 1.29 is 9.47 Å². The van der Waals surface area contributed by atoms with Gasteiger partial charge >= 0.3 is 0 Å². The molecule has 0 amide bonds. The number of hydrogen-bond donors (Lipinski definition) is 0. The Labute approximate surface area is 135 Å². The zero-order valence-corrected chi connectivity index (χ0v) is 13.7. The molecule has 1 aliphatic rings. The van der Waals surface area contributed by atoms with Crippen molar-refractivity contribution >= 4 is 11.3 Å². The van der Waals surface area contributed by atoms with Crippen LogP contribution in [0.3, 0.4) is 0 Å². The summed E-state index contributed by atoms with van der Waals surface area (Å²) in [6.07, 6.45) is 0. The van der Waals surface area contributed by atoms with Gasteiger partial charge in [-0.05, 0) is 12.5 Å². The largest absolute Gasteiger partial charge is 0.378 e. The molecule has 0 bridgehead atoms. The fourth-order valence-electron chi connectivity index (χ4n) is 2.66. The molecule has 3 rings (SSSR count). The van der Waals surface area contributed by atoms with Crippen molar-refractivity contribution in [1.29, 1.82) is 0 Å². The lowest BCUT2D eigenvalue weighted by molar-refractivity contribution is -0.0240. The van der Waals surface area contributed by atoms with Gasteiger partial charge in [0, 0.05) is 18.5 Å². The van der Waals surface area contributed by atoms with Gasteiger partial charge in [0.25, 0.3) is 0 Å². The van der Waals surface area contributed by atoms with E-state index in [0.717, 1.165) is 43.6 Å². The van der Waals surface area contributed by atoms with Gasteiger partial charge in [0.2, 0.25) is 0 Å². The first-order valence-corrected chi connectivity index (χ1v) is 8.56. The average Bonchev–Trinajstić information content (AvgIpc) is 2.99. The normalized spacial score (nSPS) is 19.4. The average molecular weight is 318 g/mol. The molecule has 1 unspecified atom stereocenters. The summed E-state index contributed by atoms with van der Waals surface area (Å²) in [6.45, 7) is 6.82. The van der Waals surface area contributed by atoms with Crippen LogP contribution in [0.1, 0.15) is 22.3 Å². The van der Waals surface area contributed by atoms with Crippen molar-refractivity contribution in [1.82, 2.24) is 9.88 Å². The summed E-state index contributed by atoms with van der Waals surface area (Å²) in [4.78, 5) is 7.04. The lowest BCUT2D eigenvalue weighted by Gasteiger charge is -2.34. The Morgan fingerprint density at radius 3 is 3.00 bits per heavy atom. The number of hydrogen-bond acceptors (Lipinski definition) is 5. The Morgan fingerprint density at radius 1 is 1.36 bits per heavy atom. The highest BCUT2D eigenvalue weighted by Crippen LogP contribution is 2.25. The monoisotopic (exact) mass is 318 g/mol. The predicted molar refractivity (Wildman–Crippen MR) is 88.1 cm³/mol. The van der Waals surface area contributed by atoms with E-state index in [-0.39, 0.29) is 6.04 Å². The molecular formula is C17H22N2O2S. The highest BCUT2D eigenvalue weighted by Gasteiger charge is 2.26. The molecule has 1 aromatic heterocycles. The fourth-order valence-corrected chi connectivity index (χ4v) is 3.32. The van der Waals surface area contributed by atoms with E-state index >= 15 is 0 Å². The molecule has 2 aromatic rings. The Balaban J connectivity index is 1.49. The Hall–Kier alpha value is -1.27. The van der Waals surface area contributed by atoms with Crippen molar-refractivity contribution in [2.45, 2.75) is 19.6 Å². The Bertz CT molecular complexity index is 573. The van der Waals surface area contributed by atoms with Crippen LogP contribution in [0.2, 0.25) is 0 Å². The van der Waals surface area contributed by atoms with Gasteiger partial charge in [-0.15, -0.1) is 11.3 Å². The summed E-state index contributed by atoms with van der Waals surface area (Å²) in [5, 5.41) is 3.26. The molecule has 4 nitrogen and oxygen atoms in total. The third-order valence-corrected chi connectivity index (χ3v) is 4.64. The molecule has 1 fully saturated rings. The number of aromatic nitrogens is 1. The van der Waals surface area contributed by atoms with Crippen LogP contribution in [0.15, 0.2) is 35.7 Å². The van der Waals surface area contributed by atoms with E-state index in [1.807, 2.05) is 25.1 Å². The lowest BCUT2D eigenvalue weighted by Crippen LogP contribution is -2.41. The van der Waals surface area contributed by atoms with Gasteiger partial charge < -0.3 is 9.47 Å². The van der Waals surface area contributed by atoms with Crippen molar-refractivity contribution in [3.63, 3.8) is 0 Å². The second-order valence-electron chi connectivity index (χ2n) is 5.46. The summed E-state index contributed by atoms with van der Waals surface area (Å²) in [5.41, 5.74) is 2.35. The summed E-state index contributed by atoms with van der Waals surface area (Å²) in [6, 6.07) is 10.6. The SMILES string of the molecule is Cc1nc(C2COCCN2CCOCc2ccccc2)cs1. The summed E-state index contributed by atoms with van der Waals surface area (Å²) in [5.74, 6) is 0. The second kappa shape index (κ2) is 7.83. The Kier molecular flexibility index (Phi) is 5.56. The lowest BCUT2D eigenvalue weighted by atomic mass is 10.2. The predicted octanol–water partition coefficient (Wildman–Crippen LogP) is 3.04. The Morgan fingerprint density at radius 2 is 2.23 bits per heavy atom. The van der Waals surface area contributed by atoms with Gasteiger partial charge in [-0.1, -0.05) is 30.3 Å². The van der Waals surface area contributed by atoms with E-state index in [1.165, 1.54) is 5.56 Å². The molecule has 1 aliphatic heterocycles. The van der Waals surface area contributed by atoms with Gasteiger partial charge in [0.1, 0.15) is 0 Å². The minimum Gasteiger partial charge on any atom is -0.378 e. The quantitative estimate of drug-likeness (QED) is 0.767. The maximum atomic E-state index is 5.81. The van der Waals surface area contributed by atoms with Gasteiger partial charge in [-0.3, -0.25) is 4.90 Å². The van der Waals surface area contributed by atoms with Crippen molar-refractivity contribution in [2.24, 2.45) is 0 Å². The van der Waals surface area contributed by atoms with Gasteiger partial charge in [-0.2, -0.15) is 0 Å². The molecule has 0 saturated carbocycles. The smallest absolute Gasteiger partial charge is 0.0898 e. The zero-order valence-electron chi connectivity index (χ0n) is 12.9. The minimum atomic E-state index is 0.263. The molecule has 5 heteroatoms. The third-order valence-electron chi connectivity index (χ3n) is 3.85. The van der Waals surface area contributed by atoms with Crippen LogP contribution in [-0.2, 0) is 16.1 Å². The van der Waals surface area contributed by atoms with Crippen LogP contribution >= 0.6 is 11.3 Å². The number of nitrogens with zero attached hydrogens (tertiary/aromatic N) is 2. The van der Waals surface area contributed by atoms with Crippen LogP contribution in [0, 0.1) is 6.92 Å². The fraction of sp³-hybridized carbons (Fsp3) is 0.471. The maximum absolute atomic E-state index is 5.81. The first-order chi connectivity index (χ1) is 10.8. The van der Waals surface area contributed by atoms with Gasteiger partial charge in [0.05, 0.1) is 43.2 Å². The van der Waals surface area contributed by atoms with Crippen molar-refractivity contribution in [3.05, 3.63) is 52.0 Å². The van der Waals surface area contributed by atoms with E-state index in [4.69, 9.17) is 9.47 Å². The van der Waals surface area contributed by atoms with E-state index in [9.17, 15) is 0 Å². The zero-order chi connectivity index (χ0) is 15.2. The molecule has 0 radical (unpaired) electrons. The number of rotatable bonds is 6. The first-order valence-electron chi connectivity index (χ1n) is 7.68. The number of thiazole rings is 1. The van der Waals surface area contributed by atoms with Crippen LogP contribution in [-0.4, -0.2) is 42.8 Å².